The molecule has 1 saturated heterocycles. The van der Waals surface area contributed by atoms with Gasteiger partial charge >= 0.3 is 0 Å². The predicted octanol–water partition coefficient (Wildman–Crippen LogP) is 2.13. The topological polar surface area (TPSA) is 24.5 Å². The van der Waals surface area contributed by atoms with Crippen LogP contribution in [0.2, 0.25) is 0 Å². The zero-order valence-corrected chi connectivity index (χ0v) is 11.1. The molecule has 2 aliphatic heterocycles. The molecule has 0 spiro atoms. The number of anilines is 1. The van der Waals surface area contributed by atoms with Crippen molar-refractivity contribution in [1.29, 1.82) is 0 Å². The molecule has 1 atom stereocenters. The molecule has 98 valence electrons. The minimum absolute atomic E-state index is 0.481. The number of piperidine rings is 1. The summed E-state index contributed by atoms with van der Waals surface area (Å²) in [5.74, 6) is 0. The Hall–Kier alpha value is -1.06. The molecule has 0 aromatic heterocycles. The van der Waals surface area contributed by atoms with Gasteiger partial charge in [0.15, 0.2) is 0 Å². The van der Waals surface area contributed by atoms with Crippen LogP contribution in [0, 0.1) is 0 Å². The number of methoxy groups -OCH3 is 1. The molecule has 1 aromatic rings. The number of benzene rings is 1. The summed E-state index contributed by atoms with van der Waals surface area (Å²) < 4.78 is 5.42. The Bertz CT molecular complexity index is 374. The van der Waals surface area contributed by atoms with E-state index in [9.17, 15) is 0 Å². The van der Waals surface area contributed by atoms with Crippen molar-refractivity contribution >= 4 is 5.69 Å². The van der Waals surface area contributed by atoms with Crippen LogP contribution in [-0.2, 0) is 11.2 Å². The average Bonchev–Trinajstić information content (AvgIpc) is 2.82. The van der Waals surface area contributed by atoms with Gasteiger partial charge in [0.1, 0.15) is 0 Å². The number of nitrogens with one attached hydrogen (secondary N) is 1. The minimum atomic E-state index is 0.481. The molecule has 18 heavy (non-hydrogen) atoms. The Morgan fingerprint density at radius 3 is 2.78 bits per heavy atom. The summed E-state index contributed by atoms with van der Waals surface area (Å²) in [5, 5.41) is 3.63. The van der Waals surface area contributed by atoms with Crippen LogP contribution in [0.1, 0.15) is 18.4 Å². The minimum Gasteiger partial charge on any atom is -0.381 e. The summed E-state index contributed by atoms with van der Waals surface area (Å²) >= 11 is 0. The van der Waals surface area contributed by atoms with E-state index in [1.54, 1.807) is 0 Å². The number of ether oxygens (including phenoxy) is 1. The maximum absolute atomic E-state index is 5.42. The molecular weight excluding hydrogens is 224 g/mol. The summed E-state index contributed by atoms with van der Waals surface area (Å²) in [6, 6.07) is 9.25. The van der Waals surface area contributed by atoms with Gasteiger partial charge in [0.05, 0.1) is 6.10 Å². The Balaban J connectivity index is 1.51. The first-order chi connectivity index (χ1) is 8.85. The molecule has 1 fully saturated rings. The molecule has 0 saturated carbocycles. The van der Waals surface area contributed by atoms with Crippen LogP contribution in [-0.4, -0.2) is 43.8 Å². The molecule has 3 rings (SSSR count). The van der Waals surface area contributed by atoms with Gasteiger partial charge in [0.2, 0.25) is 0 Å². The van der Waals surface area contributed by atoms with E-state index in [2.05, 4.69) is 34.5 Å². The fourth-order valence-electron chi connectivity index (χ4n) is 3.12. The predicted molar refractivity (Wildman–Crippen MR) is 74.0 cm³/mol. The van der Waals surface area contributed by atoms with Crippen molar-refractivity contribution in [2.45, 2.75) is 31.4 Å². The SMILES string of the molecule is COC1CCN(CC2Cc3ccccc3N2)CC1. The fraction of sp³-hybridized carbons (Fsp3) is 0.600. The lowest BCUT2D eigenvalue weighted by Gasteiger charge is -2.32. The smallest absolute Gasteiger partial charge is 0.0595 e. The van der Waals surface area contributed by atoms with Crippen molar-refractivity contribution in [3.05, 3.63) is 29.8 Å². The standard InChI is InChI=1S/C15H22N2O/c1-18-14-6-8-17(9-7-14)11-13-10-12-4-2-3-5-15(12)16-13/h2-5,13-14,16H,6-11H2,1H3. The van der Waals surface area contributed by atoms with Crippen LogP contribution in [0.3, 0.4) is 0 Å². The Morgan fingerprint density at radius 1 is 1.28 bits per heavy atom. The molecule has 1 aromatic carbocycles. The molecule has 0 amide bonds. The highest BCUT2D eigenvalue weighted by atomic mass is 16.5. The zero-order chi connectivity index (χ0) is 12.4. The number of fused-ring (bicyclic) bond motifs is 1. The molecule has 1 unspecified atom stereocenters. The van der Waals surface area contributed by atoms with Crippen LogP contribution >= 0.6 is 0 Å². The van der Waals surface area contributed by atoms with E-state index in [1.807, 2.05) is 7.11 Å². The number of para-hydroxylation sites is 1. The fourth-order valence-corrected chi connectivity index (χ4v) is 3.12. The van der Waals surface area contributed by atoms with E-state index in [0.717, 1.165) is 6.54 Å². The Kier molecular flexibility index (Phi) is 3.52. The van der Waals surface area contributed by atoms with Gasteiger partial charge in [-0.15, -0.1) is 0 Å². The number of hydrogen-bond donors (Lipinski definition) is 1. The van der Waals surface area contributed by atoms with Crippen molar-refractivity contribution in [2.24, 2.45) is 0 Å². The number of likely N-dealkylation sites (tertiary alicyclic amines) is 1. The first kappa shape index (κ1) is 12.0. The first-order valence-corrected chi connectivity index (χ1v) is 6.95. The first-order valence-electron chi connectivity index (χ1n) is 6.95. The molecule has 2 aliphatic rings. The third kappa shape index (κ3) is 2.52. The van der Waals surface area contributed by atoms with E-state index in [1.165, 1.54) is 43.6 Å². The van der Waals surface area contributed by atoms with Crippen molar-refractivity contribution in [3.63, 3.8) is 0 Å². The van der Waals surface area contributed by atoms with Crippen LogP contribution < -0.4 is 5.32 Å². The second-order valence-electron chi connectivity index (χ2n) is 5.44. The summed E-state index contributed by atoms with van der Waals surface area (Å²) in [6.07, 6.45) is 4.00. The van der Waals surface area contributed by atoms with E-state index in [-0.39, 0.29) is 0 Å². The Labute approximate surface area is 109 Å². The molecule has 0 aliphatic carbocycles. The van der Waals surface area contributed by atoms with E-state index in [0.29, 0.717) is 12.1 Å². The summed E-state index contributed by atoms with van der Waals surface area (Å²) in [6.45, 7) is 3.51. The van der Waals surface area contributed by atoms with Gasteiger partial charge in [-0.1, -0.05) is 18.2 Å². The molecule has 0 radical (unpaired) electrons. The molecule has 1 N–H and O–H groups in total. The summed E-state index contributed by atoms with van der Waals surface area (Å²) in [5.41, 5.74) is 2.79. The van der Waals surface area contributed by atoms with Gasteiger partial charge in [0, 0.05) is 38.5 Å². The van der Waals surface area contributed by atoms with Gasteiger partial charge < -0.3 is 15.0 Å². The lowest BCUT2D eigenvalue weighted by molar-refractivity contribution is 0.0402. The molecule has 0 bridgehead atoms. The Morgan fingerprint density at radius 2 is 2.06 bits per heavy atom. The van der Waals surface area contributed by atoms with E-state index < -0.39 is 0 Å². The zero-order valence-electron chi connectivity index (χ0n) is 11.1. The lowest BCUT2D eigenvalue weighted by atomic mass is 10.1. The second-order valence-corrected chi connectivity index (χ2v) is 5.44. The van der Waals surface area contributed by atoms with Crippen LogP contribution in [0.4, 0.5) is 5.69 Å². The maximum atomic E-state index is 5.42. The number of hydrogen-bond acceptors (Lipinski definition) is 3. The monoisotopic (exact) mass is 246 g/mol. The van der Waals surface area contributed by atoms with Crippen molar-refractivity contribution in [3.8, 4) is 0 Å². The van der Waals surface area contributed by atoms with Gasteiger partial charge in [-0.3, -0.25) is 0 Å². The van der Waals surface area contributed by atoms with Gasteiger partial charge in [-0.05, 0) is 30.9 Å². The average molecular weight is 246 g/mol. The van der Waals surface area contributed by atoms with E-state index in [4.69, 9.17) is 4.74 Å². The normalized spacial score (nSPS) is 24.8. The van der Waals surface area contributed by atoms with Crippen molar-refractivity contribution in [2.75, 3.05) is 32.1 Å². The van der Waals surface area contributed by atoms with Crippen molar-refractivity contribution < 1.29 is 4.74 Å². The molecule has 3 nitrogen and oxygen atoms in total. The highest BCUT2D eigenvalue weighted by molar-refractivity contribution is 5.56. The quantitative estimate of drug-likeness (QED) is 0.884. The van der Waals surface area contributed by atoms with Gasteiger partial charge in [0.25, 0.3) is 0 Å². The second kappa shape index (κ2) is 5.29. The highest BCUT2D eigenvalue weighted by Crippen LogP contribution is 2.26. The summed E-state index contributed by atoms with van der Waals surface area (Å²) in [7, 11) is 1.83. The molecular formula is C15H22N2O. The summed E-state index contributed by atoms with van der Waals surface area (Å²) in [4.78, 5) is 2.57. The maximum Gasteiger partial charge on any atom is 0.0595 e. The van der Waals surface area contributed by atoms with Gasteiger partial charge in [-0.2, -0.15) is 0 Å². The number of nitrogens with zero attached hydrogens (tertiary/aromatic N) is 1. The third-order valence-electron chi connectivity index (χ3n) is 4.19. The van der Waals surface area contributed by atoms with Crippen LogP contribution in [0.5, 0.6) is 0 Å². The third-order valence-corrected chi connectivity index (χ3v) is 4.19. The lowest BCUT2D eigenvalue weighted by Crippen LogP contribution is -2.42. The molecule has 3 heteroatoms. The largest absolute Gasteiger partial charge is 0.381 e. The van der Waals surface area contributed by atoms with Crippen LogP contribution in [0.15, 0.2) is 24.3 Å². The van der Waals surface area contributed by atoms with Gasteiger partial charge in [-0.25, -0.2) is 0 Å². The van der Waals surface area contributed by atoms with Crippen molar-refractivity contribution in [1.82, 2.24) is 4.90 Å². The van der Waals surface area contributed by atoms with Crippen LogP contribution in [0.25, 0.3) is 0 Å². The highest BCUT2D eigenvalue weighted by Gasteiger charge is 2.25. The molecule has 2 heterocycles. The van der Waals surface area contributed by atoms with E-state index >= 15 is 0 Å². The number of rotatable bonds is 3.